The van der Waals surface area contributed by atoms with Gasteiger partial charge in [0.1, 0.15) is 17.1 Å². The third kappa shape index (κ3) is 6.26. The fraction of sp³-hybridized carbons (Fsp3) is 0.444. The van der Waals surface area contributed by atoms with E-state index in [9.17, 15) is 24.3 Å². The van der Waals surface area contributed by atoms with Gasteiger partial charge in [-0.05, 0) is 29.0 Å². The highest BCUT2D eigenvalue weighted by Crippen LogP contribution is 2.41. The molecule has 39 heavy (non-hydrogen) atoms. The zero-order valence-corrected chi connectivity index (χ0v) is 22.2. The predicted molar refractivity (Wildman–Crippen MR) is 136 cm³/mol. The van der Waals surface area contributed by atoms with Gasteiger partial charge >= 0.3 is 11.9 Å². The number of thioether (sulfide) groups is 2. The summed E-state index contributed by atoms with van der Waals surface area (Å²) in [6.45, 7) is 0.134. The van der Waals surface area contributed by atoms with Crippen LogP contribution in [0.25, 0.3) is 0 Å². The Labute approximate surface area is 231 Å². The Morgan fingerprint density at radius 2 is 2.10 bits per heavy atom. The van der Waals surface area contributed by atoms with Crippen LogP contribution in [-0.4, -0.2) is 110 Å². The lowest BCUT2D eigenvalue weighted by Gasteiger charge is -2.49. The molecule has 0 spiro atoms. The van der Waals surface area contributed by atoms with Crippen molar-refractivity contribution in [1.29, 1.82) is 0 Å². The van der Waals surface area contributed by atoms with Crippen molar-refractivity contribution >= 4 is 69.7 Å². The third-order valence-electron chi connectivity index (χ3n) is 5.20. The average molecular weight is 600 g/mol. The number of aromatic nitrogens is 6. The van der Waals surface area contributed by atoms with Crippen molar-refractivity contribution in [2.75, 3.05) is 30.4 Å². The number of carboxylic acids is 2. The Kier molecular flexibility index (Phi) is 8.93. The Hall–Kier alpha value is -3.82. The summed E-state index contributed by atoms with van der Waals surface area (Å²) in [7, 11) is 0. The Bertz CT molecular complexity index is 1340. The number of tetrazole rings is 1. The van der Waals surface area contributed by atoms with E-state index >= 15 is 0 Å². The molecule has 0 radical (unpaired) electrons. The molecule has 18 nitrogen and oxygen atoms in total. The van der Waals surface area contributed by atoms with Crippen molar-refractivity contribution in [3.63, 3.8) is 0 Å². The maximum absolute atomic E-state index is 13.0. The van der Waals surface area contributed by atoms with Crippen LogP contribution >= 0.6 is 35.1 Å². The standard InChI is InChI=1S/C18H21N11O7S3/c19-2-1-3-28-18(23-26-27-28)38-6-7-5-37-15-10(14(33)29(15)11(7)16(34)35)21-13(32)9(24-36-4-8(30)31)12-22-17(20)39-25-12/h10,15H,1-6,19H2,(H,21,32)(H,30,31)(H,34,35)(H2,20,22,25)/t10?,15-/m1/s1. The number of carbonyl (C=O) groups excluding carboxylic acids is 2. The molecular formula is C18H21N11O7S3. The second-order valence-corrected chi connectivity index (χ2v) is 10.6. The largest absolute Gasteiger partial charge is 0.479 e. The normalized spacial score (nSPS) is 18.9. The minimum atomic E-state index is -1.33. The number of rotatable bonds is 13. The third-order valence-corrected chi connectivity index (χ3v) is 8.12. The van der Waals surface area contributed by atoms with Gasteiger partial charge in [0.25, 0.3) is 11.8 Å². The molecule has 2 aromatic rings. The summed E-state index contributed by atoms with van der Waals surface area (Å²) < 4.78 is 5.44. The summed E-state index contributed by atoms with van der Waals surface area (Å²) in [6.07, 6.45) is 0.665. The molecule has 21 heteroatoms. The molecule has 1 fully saturated rings. The van der Waals surface area contributed by atoms with Gasteiger partial charge in [-0.15, -0.1) is 16.9 Å². The minimum absolute atomic E-state index is 0.0208. The van der Waals surface area contributed by atoms with Gasteiger partial charge in [-0.2, -0.15) is 9.36 Å². The molecule has 0 bridgehead atoms. The SMILES string of the molecule is NCCCn1nnnc1SCC1=C(C(=O)O)N2C(=O)C(NC(=O)C(=NOCC(=O)O)c3nsc(N)n3)[C@H]2SC1. The highest BCUT2D eigenvalue weighted by atomic mass is 32.2. The first kappa shape index (κ1) is 28.2. The molecule has 1 saturated heterocycles. The van der Waals surface area contributed by atoms with E-state index in [-0.39, 0.29) is 28.2 Å². The molecule has 2 aromatic heterocycles. The molecule has 1 unspecified atom stereocenters. The van der Waals surface area contributed by atoms with Crippen LogP contribution in [0.1, 0.15) is 12.2 Å². The number of carbonyl (C=O) groups is 4. The Morgan fingerprint density at radius 1 is 1.31 bits per heavy atom. The highest BCUT2D eigenvalue weighted by molar-refractivity contribution is 8.01. The molecule has 2 atom stereocenters. The summed E-state index contributed by atoms with van der Waals surface area (Å²) in [5.74, 6) is -3.93. The van der Waals surface area contributed by atoms with E-state index in [1.165, 1.54) is 23.5 Å². The molecule has 208 valence electrons. The van der Waals surface area contributed by atoms with Crippen molar-refractivity contribution in [2.24, 2.45) is 10.9 Å². The first-order chi connectivity index (χ1) is 18.7. The molecule has 0 aliphatic carbocycles. The topological polar surface area (TPSA) is 267 Å². The zero-order valence-electron chi connectivity index (χ0n) is 19.8. The number of nitrogens with two attached hydrogens (primary N) is 2. The molecule has 0 saturated carbocycles. The quantitative estimate of drug-likeness (QED) is 0.0706. The van der Waals surface area contributed by atoms with E-state index in [1.54, 1.807) is 4.68 Å². The number of fused-ring (bicyclic) bond motifs is 1. The number of amides is 2. The molecule has 2 amide bonds. The van der Waals surface area contributed by atoms with Crippen LogP contribution < -0.4 is 16.8 Å². The van der Waals surface area contributed by atoms with Crippen LogP contribution in [0, 0.1) is 0 Å². The number of nitrogens with zero attached hydrogens (tertiary/aromatic N) is 8. The average Bonchev–Trinajstić information content (AvgIpc) is 3.54. The van der Waals surface area contributed by atoms with E-state index in [0.29, 0.717) is 30.2 Å². The molecule has 4 heterocycles. The number of carboxylic acid groups (broad SMARTS) is 2. The fourth-order valence-electron chi connectivity index (χ4n) is 3.50. The van der Waals surface area contributed by atoms with E-state index in [0.717, 1.165) is 16.4 Å². The number of aliphatic carboxylic acids is 2. The molecule has 2 aliphatic rings. The molecule has 4 rings (SSSR count). The Balaban J connectivity index is 1.47. The van der Waals surface area contributed by atoms with E-state index < -0.39 is 47.5 Å². The Morgan fingerprint density at radius 3 is 2.77 bits per heavy atom. The van der Waals surface area contributed by atoms with E-state index in [4.69, 9.17) is 16.6 Å². The number of nitrogen functional groups attached to an aromatic ring is 1. The second-order valence-electron chi connectivity index (χ2n) is 7.80. The second kappa shape index (κ2) is 12.4. The summed E-state index contributed by atoms with van der Waals surface area (Å²) in [4.78, 5) is 58.5. The molecule has 2 aliphatic heterocycles. The van der Waals surface area contributed by atoms with Crippen molar-refractivity contribution in [2.45, 2.75) is 29.5 Å². The summed E-state index contributed by atoms with van der Waals surface area (Å²) in [6, 6.07) is -1.09. The van der Waals surface area contributed by atoms with E-state index in [2.05, 4.69) is 40.2 Å². The van der Waals surface area contributed by atoms with Gasteiger partial charge in [0.15, 0.2) is 5.13 Å². The van der Waals surface area contributed by atoms with Crippen LogP contribution in [0.2, 0.25) is 0 Å². The maximum Gasteiger partial charge on any atom is 0.352 e. The van der Waals surface area contributed by atoms with Crippen LogP contribution in [0.15, 0.2) is 21.6 Å². The maximum atomic E-state index is 13.0. The fourth-order valence-corrected chi connectivity index (χ4v) is 6.33. The number of hydrogen-bond acceptors (Lipinski definition) is 16. The lowest BCUT2D eigenvalue weighted by Crippen LogP contribution is -2.71. The first-order valence-corrected chi connectivity index (χ1v) is 13.8. The predicted octanol–water partition coefficient (Wildman–Crippen LogP) is -2.21. The summed E-state index contributed by atoms with van der Waals surface area (Å²) in [5, 5.41) is 35.9. The number of aryl methyl sites for hydroxylation is 1. The lowest BCUT2D eigenvalue weighted by molar-refractivity contribution is -0.150. The van der Waals surface area contributed by atoms with Gasteiger partial charge in [-0.1, -0.05) is 16.9 Å². The number of oxime groups is 1. The highest BCUT2D eigenvalue weighted by Gasteiger charge is 2.54. The molecular weight excluding hydrogens is 578 g/mol. The molecule has 0 aromatic carbocycles. The van der Waals surface area contributed by atoms with Crippen LogP contribution in [0.4, 0.5) is 5.13 Å². The van der Waals surface area contributed by atoms with Crippen molar-refractivity contribution in [3.05, 3.63) is 17.1 Å². The van der Waals surface area contributed by atoms with Crippen LogP contribution in [0.3, 0.4) is 0 Å². The van der Waals surface area contributed by atoms with Crippen molar-refractivity contribution in [3.8, 4) is 0 Å². The summed E-state index contributed by atoms with van der Waals surface area (Å²) in [5.41, 5.74) is 10.9. The first-order valence-electron chi connectivity index (χ1n) is 11.0. The van der Waals surface area contributed by atoms with Crippen molar-refractivity contribution < 1.29 is 34.2 Å². The van der Waals surface area contributed by atoms with Gasteiger partial charge in [0, 0.05) is 29.6 Å². The number of nitrogens with one attached hydrogen (secondary N) is 1. The minimum Gasteiger partial charge on any atom is -0.479 e. The van der Waals surface area contributed by atoms with Gasteiger partial charge < -0.3 is 31.8 Å². The smallest absolute Gasteiger partial charge is 0.352 e. The van der Waals surface area contributed by atoms with Gasteiger partial charge in [-0.25, -0.2) is 14.3 Å². The van der Waals surface area contributed by atoms with Gasteiger partial charge in [0.05, 0.1) is 0 Å². The van der Waals surface area contributed by atoms with Crippen LogP contribution in [-0.2, 0) is 30.6 Å². The number of anilines is 1. The molecule has 7 N–H and O–H groups in total. The summed E-state index contributed by atoms with van der Waals surface area (Å²) >= 11 is 3.27. The lowest BCUT2D eigenvalue weighted by atomic mass is 10.0. The zero-order chi connectivity index (χ0) is 28.1. The number of hydrogen-bond donors (Lipinski definition) is 5. The van der Waals surface area contributed by atoms with Gasteiger partial charge in [0.2, 0.25) is 23.3 Å². The van der Waals surface area contributed by atoms with Crippen LogP contribution in [0.5, 0.6) is 0 Å². The van der Waals surface area contributed by atoms with Crippen molar-refractivity contribution in [1.82, 2.24) is 39.8 Å². The number of β-lactam (4-membered cyclic amide) rings is 1. The monoisotopic (exact) mass is 599 g/mol. The van der Waals surface area contributed by atoms with E-state index in [1.807, 2.05) is 0 Å². The van der Waals surface area contributed by atoms with Gasteiger partial charge in [-0.3, -0.25) is 14.5 Å².